The maximum atomic E-state index is 9.95. The smallest absolute Gasteiger partial charge is 0.123 e. The van der Waals surface area contributed by atoms with Gasteiger partial charge in [-0.2, -0.15) is 0 Å². The summed E-state index contributed by atoms with van der Waals surface area (Å²) in [6.07, 6.45) is 1.16. The minimum Gasteiger partial charge on any atom is -0.507 e. The third-order valence-electron chi connectivity index (χ3n) is 3.01. The molecule has 2 rings (SSSR count). The minimum absolute atomic E-state index is 0.0543. The molecule has 0 amide bonds. The first-order valence-electron chi connectivity index (χ1n) is 6.36. The molecular weight excluding hydrogens is 270 g/mol. The zero-order valence-corrected chi connectivity index (χ0v) is 13.5. The van der Waals surface area contributed by atoms with E-state index in [-0.39, 0.29) is 7.92 Å². The van der Waals surface area contributed by atoms with Gasteiger partial charge in [0.05, 0.1) is 0 Å². The van der Waals surface area contributed by atoms with Crippen molar-refractivity contribution in [3.8, 4) is 5.75 Å². The van der Waals surface area contributed by atoms with Crippen LogP contribution in [0.1, 0.15) is 11.1 Å². The molecule has 0 radical (unpaired) electrons. The average Bonchev–Trinajstić information content (AvgIpc) is 2.35. The summed E-state index contributed by atoms with van der Waals surface area (Å²) < 4.78 is 0. The summed E-state index contributed by atoms with van der Waals surface area (Å²) in [5, 5.41) is 12.4. The Labute approximate surface area is 118 Å². The number of para-hydroxylation sites is 1. The molecule has 0 aromatic heterocycles. The van der Waals surface area contributed by atoms with Crippen LogP contribution >= 0.6 is 16.5 Å². The molecule has 0 saturated heterocycles. The molecule has 1 unspecified atom stereocenters. The molecule has 0 aliphatic heterocycles. The van der Waals surface area contributed by atoms with Gasteiger partial charge in [0.1, 0.15) is 5.75 Å². The van der Waals surface area contributed by atoms with E-state index in [0.29, 0.717) is 14.3 Å². The highest BCUT2D eigenvalue weighted by Gasteiger charge is 2.10. The predicted molar refractivity (Wildman–Crippen MR) is 89.3 cm³/mol. The summed E-state index contributed by atoms with van der Waals surface area (Å²) in [7, 11) is 0.587. The Morgan fingerprint density at radius 2 is 1.79 bits per heavy atom. The lowest BCUT2D eigenvalue weighted by Gasteiger charge is -2.15. The summed E-state index contributed by atoms with van der Waals surface area (Å²) in [4.78, 5) is 0. The molecule has 3 heteroatoms. The molecule has 0 spiro atoms. The summed E-state index contributed by atoms with van der Waals surface area (Å²) in [6, 6.07) is 14.2. The Balaban J connectivity index is 2.36. The number of hydrogen-bond donors (Lipinski definition) is 1. The Hall–Kier alpha value is -0.900. The van der Waals surface area contributed by atoms with Crippen LogP contribution < -0.4 is 10.6 Å². The van der Waals surface area contributed by atoms with E-state index in [1.807, 2.05) is 18.2 Å². The number of benzene rings is 2. The van der Waals surface area contributed by atoms with E-state index in [9.17, 15) is 5.11 Å². The van der Waals surface area contributed by atoms with E-state index >= 15 is 0 Å². The van der Waals surface area contributed by atoms with Gasteiger partial charge in [-0.05, 0) is 48.9 Å². The SMILES string of the molecule is Cc1cccc(CP(C)C)c1Pc1ccccc1O. The highest BCUT2D eigenvalue weighted by molar-refractivity contribution is 7.57. The summed E-state index contributed by atoms with van der Waals surface area (Å²) in [6.45, 7) is 6.79. The number of rotatable bonds is 4. The van der Waals surface area contributed by atoms with E-state index in [0.717, 1.165) is 11.5 Å². The van der Waals surface area contributed by atoms with Gasteiger partial charge in [0.15, 0.2) is 0 Å². The highest BCUT2D eigenvalue weighted by atomic mass is 31.1. The first-order chi connectivity index (χ1) is 9.08. The van der Waals surface area contributed by atoms with Crippen LogP contribution in [0.15, 0.2) is 42.5 Å². The van der Waals surface area contributed by atoms with Crippen LogP contribution in [0.2, 0.25) is 0 Å². The molecule has 0 heterocycles. The Morgan fingerprint density at radius 1 is 1.05 bits per heavy atom. The van der Waals surface area contributed by atoms with Crippen molar-refractivity contribution in [1.82, 2.24) is 0 Å². The fourth-order valence-electron chi connectivity index (χ4n) is 2.09. The standard InChI is InChI=1S/C16H20OP2/c1-12-7-6-8-13(11-19(2)3)16(12)18-15-10-5-4-9-14(15)17/h4-10,17-18H,11H2,1-3H3. The van der Waals surface area contributed by atoms with Crippen molar-refractivity contribution < 1.29 is 5.11 Å². The lowest BCUT2D eigenvalue weighted by Crippen LogP contribution is -2.12. The molecule has 19 heavy (non-hydrogen) atoms. The van der Waals surface area contributed by atoms with Gasteiger partial charge in [0, 0.05) is 5.30 Å². The highest BCUT2D eigenvalue weighted by Crippen LogP contribution is 2.32. The first-order valence-corrected chi connectivity index (χ1v) is 9.78. The zero-order valence-electron chi connectivity index (χ0n) is 11.6. The van der Waals surface area contributed by atoms with Gasteiger partial charge in [-0.3, -0.25) is 0 Å². The molecule has 2 aromatic rings. The Kier molecular flexibility index (Phi) is 4.97. The van der Waals surface area contributed by atoms with E-state index in [1.54, 1.807) is 6.07 Å². The zero-order chi connectivity index (χ0) is 13.8. The lowest BCUT2D eigenvalue weighted by atomic mass is 10.1. The first kappa shape index (κ1) is 14.5. The molecule has 0 fully saturated rings. The fraction of sp³-hybridized carbons (Fsp3) is 0.250. The third kappa shape index (κ3) is 3.78. The van der Waals surface area contributed by atoms with Crippen molar-refractivity contribution in [3.05, 3.63) is 53.6 Å². The lowest BCUT2D eigenvalue weighted by molar-refractivity contribution is 0.480. The van der Waals surface area contributed by atoms with Crippen molar-refractivity contribution in [1.29, 1.82) is 0 Å². The summed E-state index contributed by atoms with van der Waals surface area (Å²) in [5.74, 6) is 0.408. The van der Waals surface area contributed by atoms with Crippen LogP contribution in [0.4, 0.5) is 0 Å². The normalized spacial score (nSPS) is 11.6. The van der Waals surface area contributed by atoms with Gasteiger partial charge in [-0.25, -0.2) is 0 Å². The monoisotopic (exact) mass is 290 g/mol. The van der Waals surface area contributed by atoms with Crippen LogP contribution in [0.3, 0.4) is 0 Å². The van der Waals surface area contributed by atoms with Crippen LogP contribution in [0, 0.1) is 6.92 Å². The fourth-order valence-corrected chi connectivity index (χ4v) is 4.46. The number of phenolic OH excluding ortho intramolecular Hbond substituents is 1. The van der Waals surface area contributed by atoms with Gasteiger partial charge in [0.25, 0.3) is 0 Å². The number of phenols is 1. The molecule has 100 valence electrons. The molecule has 1 nitrogen and oxygen atoms in total. The molecule has 0 aliphatic carbocycles. The summed E-state index contributed by atoms with van der Waals surface area (Å²) >= 11 is 0. The molecule has 1 atom stereocenters. The number of aromatic hydroxyl groups is 1. The van der Waals surface area contributed by atoms with Crippen LogP contribution in [0.25, 0.3) is 0 Å². The molecule has 0 aliphatic rings. The predicted octanol–water partition coefficient (Wildman–Crippen LogP) is 3.57. The van der Waals surface area contributed by atoms with Gasteiger partial charge in [-0.15, -0.1) is 7.92 Å². The van der Waals surface area contributed by atoms with Crippen LogP contribution in [-0.4, -0.2) is 18.4 Å². The number of aryl methyl sites for hydroxylation is 1. The molecule has 0 saturated carbocycles. The van der Waals surface area contributed by atoms with Crippen molar-refractivity contribution >= 4 is 27.1 Å². The van der Waals surface area contributed by atoms with Gasteiger partial charge in [-0.1, -0.05) is 45.0 Å². The van der Waals surface area contributed by atoms with Crippen molar-refractivity contribution in [2.24, 2.45) is 0 Å². The topological polar surface area (TPSA) is 20.2 Å². The second kappa shape index (κ2) is 6.51. The maximum absolute atomic E-state index is 9.95. The van der Waals surface area contributed by atoms with E-state index in [1.165, 1.54) is 16.4 Å². The molecule has 1 N–H and O–H groups in total. The Bertz CT molecular complexity index is 564. The van der Waals surface area contributed by atoms with Crippen molar-refractivity contribution in [2.75, 3.05) is 13.3 Å². The Morgan fingerprint density at radius 3 is 2.47 bits per heavy atom. The van der Waals surface area contributed by atoms with Crippen LogP contribution in [0.5, 0.6) is 5.75 Å². The van der Waals surface area contributed by atoms with Gasteiger partial charge in [0.2, 0.25) is 0 Å². The molecule has 0 bridgehead atoms. The second-order valence-electron chi connectivity index (χ2n) is 4.99. The largest absolute Gasteiger partial charge is 0.507 e. The van der Waals surface area contributed by atoms with E-state index in [2.05, 4.69) is 38.5 Å². The summed E-state index contributed by atoms with van der Waals surface area (Å²) in [5.41, 5.74) is 2.77. The van der Waals surface area contributed by atoms with Crippen molar-refractivity contribution in [3.63, 3.8) is 0 Å². The molecular formula is C16H20OP2. The number of hydrogen-bond acceptors (Lipinski definition) is 1. The van der Waals surface area contributed by atoms with Gasteiger partial charge < -0.3 is 5.11 Å². The minimum atomic E-state index is 0.0543. The van der Waals surface area contributed by atoms with E-state index in [4.69, 9.17) is 0 Å². The van der Waals surface area contributed by atoms with Crippen LogP contribution in [-0.2, 0) is 6.16 Å². The average molecular weight is 290 g/mol. The maximum Gasteiger partial charge on any atom is 0.123 e. The van der Waals surface area contributed by atoms with E-state index < -0.39 is 0 Å². The molecule has 2 aromatic carbocycles. The van der Waals surface area contributed by atoms with Crippen molar-refractivity contribution in [2.45, 2.75) is 13.1 Å². The second-order valence-corrected chi connectivity index (χ2v) is 8.75. The third-order valence-corrected chi connectivity index (χ3v) is 5.64. The quantitative estimate of drug-likeness (QED) is 0.853. The van der Waals surface area contributed by atoms with Gasteiger partial charge >= 0.3 is 0 Å².